The lowest BCUT2D eigenvalue weighted by atomic mass is 9.96. The van der Waals surface area contributed by atoms with Gasteiger partial charge in [0.2, 0.25) is 0 Å². The highest BCUT2D eigenvalue weighted by Crippen LogP contribution is 2.38. The molecule has 450 valence electrons. The molecule has 17 aromatic rings. The summed E-state index contributed by atoms with van der Waals surface area (Å²) in [6, 6.07) is 59.9. The average Bonchev–Trinajstić information content (AvgIpc) is 0.726. The highest BCUT2D eigenvalue weighted by atomic mass is 14.9. The largest absolute Gasteiger partial charge is 0.356 e. The molecule has 0 aliphatic heterocycles. The maximum Gasteiger partial charge on any atom is 0.0629 e. The van der Waals surface area contributed by atoms with Crippen LogP contribution in [0.1, 0.15) is 37.0 Å². The zero-order valence-corrected chi connectivity index (χ0v) is 50.4. The van der Waals surface area contributed by atoms with Gasteiger partial charge in [0.25, 0.3) is 0 Å². The third-order valence-corrected chi connectivity index (χ3v) is 15.9. The minimum atomic E-state index is -0.464. The quantitative estimate of drug-likeness (QED) is 0.114. The molecule has 0 aliphatic carbocycles. The lowest BCUT2D eigenvalue weighted by molar-refractivity contribution is 1.54. The number of hydrogen-bond acceptors (Lipinski definition) is 3. The van der Waals surface area contributed by atoms with Crippen LogP contribution < -0.4 is 16.0 Å². The molecule has 0 fully saturated rings. The van der Waals surface area contributed by atoms with Crippen LogP contribution in [0.2, 0.25) is 0 Å². The molecule has 3 heteroatoms. The van der Waals surface area contributed by atoms with E-state index in [0.717, 1.165) is 66.2 Å². The van der Waals surface area contributed by atoms with Gasteiger partial charge >= 0.3 is 0 Å². The minimum absolute atomic E-state index is 0.0438. The highest BCUT2D eigenvalue weighted by Gasteiger charge is 2.12. The van der Waals surface area contributed by atoms with E-state index in [2.05, 4.69) is 28.1 Å². The second-order valence-corrected chi connectivity index (χ2v) is 21.9. The fraction of sp³-hybridized carbons (Fsp3) is 0. The Morgan fingerprint density at radius 1 is 0.168 bits per heavy atom. The SMILES string of the molecule is [2H]c1c([2H])c([2H])c(-c2cc(Nc3cc(-c4c([2H])c([2H])c([2H])c([2H])c4[2H])c4ccccc4c3)cc3ccccc23)c([2H])c1[2H].[2H]c1c([2H])c([2H])c(-c2ccc3ccc(Nc4ccc5ccc(-c6c([2H])c([2H])c([2H])c([2H])c6[2H])cc5c4)cc3c2)c([2H])c1[2H].[2H]c1c([2H])c([2H])c2c(-c3ccc(Nc4ccc(-c5ccccc5)cc4)cc3)c([2H])c([2H])c([2H])c2c1[2H]. The molecule has 0 saturated heterocycles. The van der Waals surface area contributed by atoms with E-state index in [0.29, 0.717) is 50.0 Å². The van der Waals surface area contributed by atoms with Crippen LogP contribution in [0.5, 0.6) is 0 Å². The fourth-order valence-corrected chi connectivity index (χ4v) is 11.3. The van der Waals surface area contributed by atoms with Crippen molar-refractivity contribution in [1.29, 1.82) is 0 Å². The van der Waals surface area contributed by atoms with Crippen LogP contribution in [0.15, 0.2) is 388 Å². The normalized spacial score (nSPS) is 14.9. The fourth-order valence-electron chi connectivity index (χ4n) is 11.3. The van der Waals surface area contributed by atoms with Crippen molar-refractivity contribution in [1.82, 2.24) is 0 Å². The minimum Gasteiger partial charge on any atom is -0.356 e. The van der Waals surface area contributed by atoms with Crippen LogP contribution >= 0.6 is 0 Å². The summed E-state index contributed by atoms with van der Waals surface area (Å²) in [6.45, 7) is 0. The molecule has 0 aromatic heterocycles. The summed E-state index contributed by atoms with van der Waals surface area (Å²) in [5.41, 5.74) is 9.82. The van der Waals surface area contributed by atoms with Crippen LogP contribution in [0, 0.1) is 0 Å². The molecule has 0 radical (unpaired) electrons. The topological polar surface area (TPSA) is 36.1 Å². The van der Waals surface area contributed by atoms with Crippen molar-refractivity contribution in [3.63, 3.8) is 0 Å². The Kier molecular flexibility index (Phi) is 10.4. The lowest BCUT2D eigenvalue weighted by Gasteiger charge is -2.15. The van der Waals surface area contributed by atoms with Gasteiger partial charge in [-0.1, -0.05) is 303 Å². The second-order valence-electron chi connectivity index (χ2n) is 21.9. The van der Waals surface area contributed by atoms with E-state index in [1.54, 1.807) is 48.5 Å². The summed E-state index contributed by atoms with van der Waals surface area (Å²) >= 11 is 0. The summed E-state index contributed by atoms with van der Waals surface area (Å²) in [5, 5.41) is 16.6. The third kappa shape index (κ3) is 13.6. The van der Waals surface area contributed by atoms with E-state index in [1.165, 1.54) is 0 Å². The molecule has 17 aromatic carbocycles. The standard InChI is InChI=1S/2C32H23N.C28H21N/c1-3-11-23(12-4-1)31-21-27(19-25-15-7-9-17-29(25)31)33-28-20-26-16-8-10-18-30(26)32(22-28)24-13-5-2-6-14-24;1-3-7-23(8-4-1)27-13-11-25-15-17-31(21-29(25)19-27)33-32-18-16-26-12-14-28(20-30(26)22-32)24-9-5-2-6-10-24;1-2-7-21(8-3-1)22-13-17-25(18-14-22)29-26-19-15-24(16-20-26)28-12-6-10-23-9-4-5-11-27(23)28/h2*1-22,33H;1-20,29H/i1D,2D,3D,4D,5D,6D,11D,12D,13D,14D;1D,2D,3D,4D,5D,6D,7D,8D,9D,10D;4D,5D,6D,9D,10D,11D,12D. The van der Waals surface area contributed by atoms with Crippen molar-refractivity contribution in [2.45, 2.75) is 0 Å². The maximum absolute atomic E-state index is 8.57. The first kappa shape index (κ1) is 35.9. The van der Waals surface area contributed by atoms with E-state index in [9.17, 15) is 0 Å². The van der Waals surface area contributed by atoms with Crippen LogP contribution in [-0.2, 0) is 0 Å². The smallest absolute Gasteiger partial charge is 0.0629 e. The molecule has 0 saturated carbocycles. The summed E-state index contributed by atoms with van der Waals surface area (Å²) in [5.74, 6) is 0. The molecule has 0 spiro atoms. The summed E-state index contributed by atoms with van der Waals surface area (Å²) in [4.78, 5) is 0. The Labute approximate surface area is 593 Å². The zero-order valence-electron chi connectivity index (χ0n) is 77.4. The van der Waals surface area contributed by atoms with Gasteiger partial charge in [-0.3, -0.25) is 0 Å². The van der Waals surface area contributed by atoms with Crippen molar-refractivity contribution >= 4 is 88.0 Å². The van der Waals surface area contributed by atoms with E-state index in [1.807, 2.05) is 164 Å². The molecule has 95 heavy (non-hydrogen) atoms. The van der Waals surface area contributed by atoms with Gasteiger partial charge in [-0.15, -0.1) is 0 Å². The van der Waals surface area contributed by atoms with E-state index < -0.39 is 60.4 Å². The number of fused-ring (bicyclic) bond motifs is 5. The summed E-state index contributed by atoms with van der Waals surface area (Å²) in [7, 11) is 0. The molecule has 0 aliphatic rings. The van der Waals surface area contributed by atoms with Crippen LogP contribution in [0.25, 0.3) is 121 Å². The van der Waals surface area contributed by atoms with Gasteiger partial charge in [-0.25, -0.2) is 0 Å². The molecule has 0 bridgehead atoms. The van der Waals surface area contributed by atoms with E-state index in [4.69, 9.17) is 37.0 Å². The first-order chi connectivity index (χ1) is 58.2. The molecular formula is C92H67N3. The van der Waals surface area contributed by atoms with Crippen molar-refractivity contribution in [2.75, 3.05) is 16.0 Å². The van der Waals surface area contributed by atoms with E-state index >= 15 is 0 Å². The monoisotopic (exact) mass is 1240 g/mol. The third-order valence-electron chi connectivity index (χ3n) is 15.9. The van der Waals surface area contributed by atoms with Gasteiger partial charge in [0.15, 0.2) is 0 Å². The van der Waals surface area contributed by atoms with Gasteiger partial charge in [0.05, 0.1) is 37.0 Å². The molecule has 0 amide bonds. The van der Waals surface area contributed by atoms with Crippen molar-refractivity contribution in [2.24, 2.45) is 0 Å². The molecule has 3 N–H and O–H groups in total. The average molecular weight is 1240 g/mol. The van der Waals surface area contributed by atoms with Gasteiger partial charge in [0, 0.05) is 34.1 Å². The molecule has 3 nitrogen and oxygen atoms in total. The number of rotatable bonds is 12. The van der Waals surface area contributed by atoms with Gasteiger partial charge in [-0.2, -0.15) is 0 Å². The second kappa shape index (κ2) is 27.5. The van der Waals surface area contributed by atoms with Crippen LogP contribution in [0.4, 0.5) is 34.1 Å². The lowest BCUT2D eigenvalue weighted by Crippen LogP contribution is -1.94. The first-order valence-electron chi connectivity index (χ1n) is 43.7. The Morgan fingerprint density at radius 2 is 0.537 bits per heavy atom. The predicted octanol–water partition coefficient (Wildman–Crippen LogP) is 26.1. The van der Waals surface area contributed by atoms with Gasteiger partial charge in [-0.05, 0) is 206 Å². The summed E-state index contributed by atoms with van der Waals surface area (Å²) < 4.78 is 222. The van der Waals surface area contributed by atoms with Crippen molar-refractivity contribution in [3.8, 4) is 66.8 Å². The van der Waals surface area contributed by atoms with Gasteiger partial charge in [0.1, 0.15) is 0 Å². The Bertz CT molecular complexity index is 6760. The zero-order chi connectivity index (χ0) is 87.0. The number of hydrogen-bond donors (Lipinski definition) is 3. The molecule has 0 unspecified atom stereocenters. The molecular weight excluding hydrogens is 1150 g/mol. The van der Waals surface area contributed by atoms with Crippen LogP contribution in [-0.4, -0.2) is 0 Å². The number of nitrogens with one attached hydrogen (secondary N) is 3. The van der Waals surface area contributed by atoms with Crippen molar-refractivity contribution in [3.05, 3.63) is 388 Å². The molecule has 0 atom stereocenters. The Balaban J connectivity index is 0.000000143. The number of anilines is 6. The first-order valence-corrected chi connectivity index (χ1v) is 30.2. The van der Waals surface area contributed by atoms with Crippen molar-refractivity contribution < 1.29 is 37.0 Å². The van der Waals surface area contributed by atoms with Gasteiger partial charge < -0.3 is 16.0 Å². The Morgan fingerprint density at radius 3 is 1.05 bits per heavy atom. The predicted molar refractivity (Wildman–Crippen MR) is 409 cm³/mol. The summed E-state index contributed by atoms with van der Waals surface area (Å²) in [6.07, 6.45) is 0. The molecule has 17 rings (SSSR count). The molecule has 0 heterocycles. The highest BCUT2D eigenvalue weighted by molar-refractivity contribution is 6.03. The Hall–Kier alpha value is -12.6. The number of benzene rings is 17. The van der Waals surface area contributed by atoms with Crippen LogP contribution in [0.3, 0.4) is 0 Å². The van der Waals surface area contributed by atoms with E-state index in [-0.39, 0.29) is 141 Å². The maximum atomic E-state index is 8.57.